The van der Waals surface area contributed by atoms with E-state index in [0.717, 1.165) is 5.75 Å². The summed E-state index contributed by atoms with van der Waals surface area (Å²) in [5.41, 5.74) is 0.223. The molecular weight excluding hydrogens is 350 g/mol. The largest absolute Gasteiger partial charge is 0.494 e. The second kappa shape index (κ2) is 8.56. The fourth-order valence-electron chi connectivity index (χ4n) is 2.42. The van der Waals surface area contributed by atoms with Crippen molar-refractivity contribution in [1.82, 2.24) is 20.1 Å². The second-order valence-electron chi connectivity index (χ2n) is 5.57. The van der Waals surface area contributed by atoms with Crippen molar-refractivity contribution < 1.29 is 14.5 Å². The van der Waals surface area contributed by atoms with Gasteiger partial charge in [-0.2, -0.15) is 5.10 Å². The maximum atomic E-state index is 12.2. The molecule has 1 heterocycles. The molecule has 0 saturated carbocycles. The SMILES string of the molecule is O=C(NCCCOc1ccccc1)c1ccc(-n2cncn2)c([N+](=O)[O-])c1. The first-order valence-electron chi connectivity index (χ1n) is 8.24. The van der Waals surface area contributed by atoms with Crippen LogP contribution in [0.1, 0.15) is 16.8 Å². The number of para-hydroxylation sites is 1. The molecule has 0 aliphatic heterocycles. The molecule has 3 aromatic rings. The van der Waals surface area contributed by atoms with Gasteiger partial charge in [0.15, 0.2) is 0 Å². The van der Waals surface area contributed by atoms with Crippen LogP contribution in [0.25, 0.3) is 5.69 Å². The van der Waals surface area contributed by atoms with Crippen LogP contribution in [0.3, 0.4) is 0 Å². The minimum atomic E-state index is -0.554. The van der Waals surface area contributed by atoms with E-state index in [1.54, 1.807) is 0 Å². The minimum Gasteiger partial charge on any atom is -0.494 e. The molecule has 0 unspecified atom stereocenters. The van der Waals surface area contributed by atoms with Crippen molar-refractivity contribution in [2.45, 2.75) is 6.42 Å². The summed E-state index contributed by atoms with van der Waals surface area (Å²) in [6, 6.07) is 13.6. The van der Waals surface area contributed by atoms with Crippen LogP contribution in [-0.4, -0.2) is 38.7 Å². The van der Waals surface area contributed by atoms with Crippen molar-refractivity contribution in [2.24, 2.45) is 0 Å². The van der Waals surface area contributed by atoms with E-state index in [0.29, 0.717) is 19.6 Å². The van der Waals surface area contributed by atoms with Gasteiger partial charge in [-0.15, -0.1) is 0 Å². The number of amides is 1. The third kappa shape index (κ3) is 4.66. The van der Waals surface area contributed by atoms with Crippen molar-refractivity contribution in [1.29, 1.82) is 0 Å². The van der Waals surface area contributed by atoms with Gasteiger partial charge in [0.25, 0.3) is 11.6 Å². The molecule has 0 aliphatic rings. The Morgan fingerprint density at radius 2 is 2.04 bits per heavy atom. The van der Waals surface area contributed by atoms with Crippen LogP contribution < -0.4 is 10.1 Å². The van der Waals surface area contributed by atoms with Gasteiger partial charge in [-0.05, 0) is 30.7 Å². The van der Waals surface area contributed by atoms with E-state index < -0.39 is 4.92 Å². The average Bonchev–Trinajstić information content (AvgIpc) is 3.22. The van der Waals surface area contributed by atoms with Crippen LogP contribution in [0, 0.1) is 10.1 Å². The number of nitro benzene ring substituents is 1. The van der Waals surface area contributed by atoms with E-state index >= 15 is 0 Å². The highest BCUT2D eigenvalue weighted by Gasteiger charge is 2.19. The Morgan fingerprint density at radius 3 is 2.74 bits per heavy atom. The Hall–Kier alpha value is -3.75. The summed E-state index contributed by atoms with van der Waals surface area (Å²) in [4.78, 5) is 26.8. The monoisotopic (exact) mass is 367 g/mol. The molecule has 27 heavy (non-hydrogen) atoms. The third-order valence-electron chi connectivity index (χ3n) is 3.72. The number of benzene rings is 2. The molecule has 1 N–H and O–H groups in total. The molecule has 0 bridgehead atoms. The summed E-state index contributed by atoms with van der Waals surface area (Å²) in [5.74, 6) is 0.381. The van der Waals surface area contributed by atoms with Crippen LogP contribution in [0.4, 0.5) is 5.69 Å². The van der Waals surface area contributed by atoms with Crippen LogP contribution >= 0.6 is 0 Å². The summed E-state index contributed by atoms with van der Waals surface area (Å²) in [6.07, 6.45) is 3.25. The zero-order chi connectivity index (χ0) is 19.1. The molecule has 138 valence electrons. The molecular formula is C18H17N5O4. The van der Waals surface area contributed by atoms with E-state index in [9.17, 15) is 14.9 Å². The van der Waals surface area contributed by atoms with Gasteiger partial charge in [-0.25, -0.2) is 9.67 Å². The van der Waals surface area contributed by atoms with Crippen LogP contribution in [0.15, 0.2) is 61.2 Å². The lowest BCUT2D eigenvalue weighted by molar-refractivity contribution is -0.384. The molecule has 0 atom stereocenters. The lowest BCUT2D eigenvalue weighted by Gasteiger charge is -2.08. The van der Waals surface area contributed by atoms with Gasteiger partial charge in [0.1, 0.15) is 24.1 Å². The van der Waals surface area contributed by atoms with Gasteiger partial charge in [0.05, 0.1) is 11.5 Å². The Balaban J connectivity index is 1.56. The van der Waals surface area contributed by atoms with E-state index in [1.165, 1.54) is 35.5 Å². The van der Waals surface area contributed by atoms with Gasteiger partial charge >= 0.3 is 0 Å². The molecule has 0 radical (unpaired) electrons. The van der Waals surface area contributed by atoms with Crippen LogP contribution in [0.2, 0.25) is 0 Å². The smallest absolute Gasteiger partial charge is 0.295 e. The molecule has 0 spiro atoms. The molecule has 2 aromatic carbocycles. The molecule has 0 fully saturated rings. The predicted molar refractivity (Wildman–Crippen MR) is 96.9 cm³/mol. The Morgan fingerprint density at radius 1 is 1.22 bits per heavy atom. The predicted octanol–water partition coefficient (Wildman–Crippen LogP) is 2.37. The quantitative estimate of drug-likeness (QED) is 0.372. The summed E-state index contributed by atoms with van der Waals surface area (Å²) >= 11 is 0. The number of hydrogen-bond acceptors (Lipinski definition) is 6. The first-order valence-corrected chi connectivity index (χ1v) is 8.24. The van der Waals surface area contributed by atoms with Gasteiger partial charge < -0.3 is 10.1 Å². The highest BCUT2D eigenvalue weighted by molar-refractivity contribution is 5.95. The van der Waals surface area contributed by atoms with Crippen molar-refractivity contribution in [2.75, 3.05) is 13.2 Å². The van der Waals surface area contributed by atoms with Crippen molar-refractivity contribution in [3.63, 3.8) is 0 Å². The molecule has 3 rings (SSSR count). The number of ether oxygens (including phenoxy) is 1. The molecule has 9 heteroatoms. The Labute approximate surface area is 154 Å². The topological polar surface area (TPSA) is 112 Å². The van der Waals surface area contributed by atoms with Gasteiger partial charge in [0, 0.05) is 18.2 Å². The second-order valence-corrected chi connectivity index (χ2v) is 5.57. The normalized spacial score (nSPS) is 10.4. The van der Waals surface area contributed by atoms with Crippen molar-refractivity contribution >= 4 is 11.6 Å². The summed E-state index contributed by atoms with van der Waals surface area (Å²) in [6.45, 7) is 0.847. The van der Waals surface area contributed by atoms with Crippen LogP contribution in [-0.2, 0) is 0 Å². The minimum absolute atomic E-state index is 0.203. The molecule has 1 aromatic heterocycles. The fourth-order valence-corrected chi connectivity index (χ4v) is 2.42. The summed E-state index contributed by atoms with van der Waals surface area (Å²) < 4.78 is 6.82. The van der Waals surface area contributed by atoms with E-state index in [4.69, 9.17) is 4.74 Å². The van der Waals surface area contributed by atoms with Crippen molar-refractivity contribution in [3.8, 4) is 11.4 Å². The fraction of sp³-hybridized carbons (Fsp3) is 0.167. The standard InChI is InChI=1S/C18H17N5O4/c24-18(20-9-4-10-27-15-5-2-1-3-6-15)14-7-8-16(17(11-14)23(25)26)22-13-19-12-21-22/h1-3,5-8,11-13H,4,9-10H2,(H,20,24). The highest BCUT2D eigenvalue weighted by Crippen LogP contribution is 2.23. The first-order chi connectivity index (χ1) is 13.1. The maximum absolute atomic E-state index is 12.2. The Kier molecular flexibility index (Phi) is 5.73. The number of aromatic nitrogens is 3. The zero-order valence-corrected chi connectivity index (χ0v) is 14.3. The number of carbonyl (C=O) groups excluding carboxylic acids is 1. The van der Waals surface area contributed by atoms with Gasteiger partial charge in [-0.3, -0.25) is 14.9 Å². The number of nitro groups is 1. The molecule has 9 nitrogen and oxygen atoms in total. The van der Waals surface area contributed by atoms with Crippen LogP contribution in [0.5, 0.6) is 5.75 Å². The highest BCUT2D eigenvalue weighted by atomic mass is 16.6. The van der Waals surface area contributed by atoms with E-state index in [-0.39, 0.29) is 22.8 Å². The van der Waals surface area contributed by atoms with Crippen molar-refractivity contribution in [3.05, 3.63) is 76.9 Å². The summed E-state index contributed by atoms with van der Waals surface area (Å²) in [5, 5.41) is 17.9. The van der Waals surface area contributed by atoms with Gasteiger partial charge in [0.2, 0.25) is 0 Å². The lowest BCUT2D eigenvalue weighted by atomic mass is 10.1. The number of rotatable bonds is 8. The third-order valence-corrected chi connectivity index (χ3v) is 3.72. The van der Waals surface area contributed by atoms with Gasteiger partial charge in [-0.1, -0.05) is 18.2 Å². The number of hydrogen-bond donors (Lipinski definition) is 1. The van der Waals surface area contributed by atoms with E-state index in [1.807, 2.05) is 30.3 Å². The number of carbonyl (C=O) groups is 1. The Bertz CT molecular complexity index is 913. The average molecular weight is 367 g/mol. The molecule has 1 amide bonds. The molecule has 0 aliphatic carbocycles. The maximum Gasteiger partial charge on any atom is 0.295 e. The molecule has 0 saturated heterocycles. The van der Waals surface area contributed by atoms with E-state index in [2.05, 4.69) is 15.4 Å². The lowest BCUT2D eigenvalue weighted by Crippen LogP contribution is -2.25. The number of nitrogens with zero attached hydrogens (tertiary/aromatic N) is 4. The zero-order valence-electron chi connectivity index (χ0n) is 14.3. The summed E-state index contributed by atoms with van der Waals surface area (Å²) in [7, 11) is 0. The number of nitrogens with one attached hydrogen (secondary N) is 1. The first kappa shape index (κ1) is 18.1.